The number of ether oxygens (including phenoxy) is 1. The average molecular weight is 453 g/mol. The molecule has 2 amide bonds. The van der Waals surface area contributed by atoms with Gasteiger partial charge in [0.15, 0.2) is 0 Å². The molecule has 0 fully saturated rings. The maximum Gasteiger partial charge on any atom is 0.407 e. The summed E-state index contributed by atoms with van der Waals surface area (Å²) >= 11 is 0. The van der Waals surface area contributed by atoms with Crippen molar-refractivity contribution in [3.05, 3.63) is 59.7 Å². The molecule has 3 rings (SSSR count). The molecule has 1 unspecified atom stereocenters. The number of benzene rings is 2. The van der Waals surface area contributed by atoms with Gasteiger partial charge >= 0.3 is 12.1 Å². The third-order valence-electron chi connectivity index (χ3n) is 6.25. The molecule has 7 nitrogen and oxygen atoms in total. The van der Waals surface area contributed by atoms with Gasteiger partial charge in [0.1, 0.15) is 6.61 Å². The summed E-state index contributed by atoms with van der Waals surface area (Å²) in [4.78, 5) is 35.1. The molecule has 0 radical (unpaired) electrons. The zero-order valence-electron chi connectivity index (χ0n) is 19.2. The Hall–Kier alpha value is -3.35. The zero-order valence-corrected chi connectivity index (χ0v) is 19.2. The molecule has 1 aliphatic rings. The Labute approximate surface area is 194 Å². The third-order valence-corrected chi connectivity index (χ3v) is 6.25. The predicted molar refractivity (Wildman–Crippen MR) is 126 cm³/mol. The van der Waals surface area contributed by atoms with Gasteiger partial charge in [-0.3, -0.25) is 9.59 Å². The van der Waals surface area contributed by atoms with Crippen LogP contribution in [0.1, 0.15) is 50.2 Å². The lowest BCUT2D eigenvalue weighted by molar-refractivity contribution is -0.137. The molecule has 0 bridgehead atoms. The maximum absolute atomic E-state index is 12.2. The Morgan fingerprint density at radius 3 is 2.12 bits per heavy atom. The summed E-state index contributed by atoms with van der Waals surface area (Å²) in [6.45, 7) is 4.56. The number of carboxylic acid groups (broad SMARTS) is 1. The number of hydrogen-bond donors (Lipinski definition) is 3. The Balaban J connectivity index is 1.41. The second-order valence-electron chi connectivity index (χ2n) is 8.75. The van der Waals surface area contributed by atoms with E-state index in [1.807, 2.05) is 38.1 Å². The molecular formula is C26H32N2O5. The third kappa shape index (κ3) is 6.57. The van der Waals surface area contributed by atoms with Gasteiger partial charge in [-0.1, -0.05) is 62.4 Å². The molecule has 0 aliphatic heterocycles. The van der Waals surface area contributed by atoms with Crippen molar-refractivity contribution in [2.75, 3.05) is 19.7 Å². The summed E-state index contributed by atoms with van der Waals surface area (Å²) in [6.07, 6.45) is 0.774. The van der Waals surface area contributed by atoms with E-state index >= 15 is 0 Å². The van der Waals surface area contributed by atoms with Gasteiger partial charge in [-0.05, 0) is 46.9 Å². The van der Waals surface area contributed by atoms with E-state index in [9.17, 15) is 14.4 Å². The highest BCUT2D eigenvalue weighted by molar-refractivity contribution is 5.82. The Bertz CT molecular complexity index is 943. The lowest BCUT2D eigenvalue weighted by Crippen LogP contribution is -2.38. The predicted octanol–water partition coefficient (Wildman–Crippen LogP) is 4.17. The van der Waals surface area contributed by atoms with Crippen LogP contribution in [0.15, 0.2) is 48.5 Å². The van der Waals surface area contributed by atoms with Gasteiger partial charge < -0.3 is 20.5 Å². The van der Waals surface area contributed by atoms with E-state index in [0.29, 0.717) is 25.3 Å². The highest BCUT2D eigenvalue weighted by Crippen LogP contribution is 2.44. The van der Waals surface area contributed by atoms with Gasteiger partial charge in [0, 0.05) is 18.9 Å². The van der Waals surface area contributed by atoms with Crippen molar-refractivity contribution in [3.8, 4) is 11.1 Å². The van der Waals surface area contributed by atoms with E-state index in [1.165, 1.54) is 0 Å². The van der Waals surface area contributed by atoms with E-state index < -0.39 is 12.1 Å². The quantitative estimate of drug-likeness (QED) is 0.475. The topological polar surface area (TPSA) is 105 Å². The van der Waals surface area contributed by atoms with Crippen LogP contribution in [0.5, 0.6) is 0 Å². The summed E-state index contributed by atoms with van der Waals surface area (Å²) in [5, 5.41) is 14.1. The molecule has 0 saturated heterocycles. The first kappa shape index (κ1) is 24.3. The van der Waals surface area contributed by atoms with E-state index in [0.717, 1.165) is 22.3 Å². The monoisotopic (exact) mass is 452 g/mol. The molecule has 2 aromatic rings. The highest BCUT2D eigenvalue weighted by Gasteiger charge is 2.29. The highest BCUT2D eigenvalue weighted by atomic mass is 16.5. The van der Waals surface area contributed by atoms with Gasteiger partial charge in [0.05, 0.1) is 6.54 Å². The fourth-order valence-corrected chi connectivity index (χ4v) is 4.38. The molecule has 2 aromatic carbocycles. The van der Waals surface area contributed by atoms with Crippen LogP contribution in [0, 0.1) is 11.8 Å². The van der Waals surface area contributed by atoms with Gasteiger partial charge in [0.2, 0.25) is 5.91 Å². The minimum atomic E-state index is -0.808. The second kappa shape index (κ2) is 11.5. The van der Waals surface area contributed by atoms with Crippen molar-refractivity contribution < 1.29 is 24.2 Å². The summed E-state index contributed by atoms with van der Waals surface area (Å²) in [6, 6.07) is 16.2. The molecule has 1 aliphatic carbocycles. The van der Waals surface area contributed by atoms with Crippen molar-refractivity contribution in [3.63, 3.8) is 0 Å². The number of hydrogen-bond acceptors (Lipinski definition) is 4. The number of carboxylic acids is 1. The molecule has 0 spiro atoms. The summed E-state index contributed by atoms with van der Waals surface area (Å²) < 4.78 is 5.43. The van der Waals surface area contributed by atoms with Crippen LogP contribution in [0.3, 0.4) is 0 Å². The molecule has 33 heavy (non-hydrogen) atoms. The first-order chi connectivity index (χ1) is 15.9. The number of fused-ring (bicyclic) bond motifs is 3. The molecule has 1 atom stereocenters. The number of carbonyl (C=O) groups excluding carboxylic acids is 2. The summed E-state index contributed by atoms with van der Waals surface area (Å²) in [5.74, 6) is -0.589. The van der Waals surface area contributed by atoms with Crippen LogP contribution in [-0.2, 0) is 14.3 Å². The fraction of sp³-hybridized carbons (Fsp3) is 0.423. The molecule has 0 heterocycles. The minimum absolute atomic E-state index is 0.0317. The summed E-state index contributed by atoms with van der Waals surface area (Å²) in [5.41, 5.74) is 4.58. The molecule has 0 saturated carbocycles. The Morgan fingerprint density at radius 1 is 0.939 bits per heavy atom. The van der Waals surface area contributed by atoms with Gasteiger partial charge in [-0.15, -0.1) is 0 Å². The second-order valence-corrected chi connectivity index (χ2v) is 8.75. The van der Waals surface area contributed by atoms with Crippen LogP contribution in [0.2, 0.25) is 0 Å². The lowest BCUT2D eigenvalue weighted by atomic mass is 9.88. The molecule has 0 aromatic heterocycles. The zero-order chi connectivity index (χ0) is 23.8. The maximum atomic E-state index is 12.2. The van der Waals surface area contributed by atoms with Crippen LogP contribution < -0.4 is 10.6 Å². The average Bonchev–Trinajstić information content (AvgIpc) is 3.12. The standard InChI is InChI=1S/C26H32N2O5/c1-17(2)18(11-12-25(30)31)13-14-27-24(29)15-28-26(32)33-16-23-21-9-5-3-7-19(21)20-8-4-6-10-22(20)23/h3-10,17-18,23H,11-16H2,1-2H3,(H,27,29)(H,28,32)(H,30,31). The van der Waals surface area contributed by atoms with Crippen molar-refractivity contribution in [1.29, 1.82) is 0 Å². The van der Waals surface area contributed by atoms with Crippen LogP contribution >= 0.6 is 0 Å². The van der Waals surface area contributed by atoms with Crippen LogP contribution in [0.4, 0.5) is 4.79 Å². The first-order valence-corrected chi connectivity index (χ1v) is 11.4. The van der Waals surface area contributed by atoms with Gasteiger partial charge in [-0.25, -0.2) is 4.79 Å². The fourth-order valence-electron chi connectivity index (χ4n) is 4.38. The van der Waals surface area contributed by atoms with Crippen LogP contribution in [0.25, 0.3) is 11.1 Å². The van der Waals surface area contributed by atoms with E-state index in [4.69, 9.17) is 9.84 Å². The lowest BCUT2D eigenvalue weighted by Gasteiger charge is -2.20. The molecular weight excluding hydrogens is 420 g/mol. The number of amides is 2. The van der Waals surface area contributed by atoms with Crippen molar-refractivity contribution >= 4 is 18.0 Å². The number of alkyl carbamates (subject to hydrolysis) is 1. The number of nitrogens with one attached hydrogen (secondary N) is 2. The van der Waals surface area contributed by atoms with Crippen molar-refractivity contribution in [1.82, 2.24) is 10.6 Å². The van der Waals surface area contributed by atoms with Crippen molar-refractivity contribution in [2.24, 2.45) is 11.8 Å². The van der Waals surface area contributed by atoms with Gasteiger partial charge in [-0.2, -0.15) is 0 Å². The van der Waals surface area contributed by atoms with E-state index in [-0.39, 0.29) is 37.3 Å². The largest absolute Gasteiger partial charge is 0.481 e. The Kier molecular flexibility index (Phi) is 8.46. The number of rotatable bonds is 11. The minimum Gasteiger partial charge on any atom is -0.481 e. The summed E-state index contributed by atoms with van der Waals surface area (Å²) in [7, 11) is 0. The number of carbonyl (C=O) groups is 3. The van der Waals surface area contributed by atoms with E-state index in [1.54, 1.807) is 0 Å². The molecule has 176 valence electrons. The normalized spacial score (nSPS) is 13.2. The Morgan fingerprint density at radius 2 is 1.55 bits per heavy atom. The SMILES string of the molecule is CC(C)C(CCNC(=O)CNC(=O)OCC1c2ccccc2-c2ccccc21)CCC(=O)O. The van der Waals surface area contributed by atoms with E-state index in [2.05, 4.69) is 34.9 Å². The molecule has 3 N–H and O–H groups in total. The van der Waals surface area contributed by atoms with Gasteiger partial charge in [0.25, 0.3) is 0 Å². The van der Waals surface area contributed by atoms with Crippen LogP contribution in [-0.4, -0.2) is 42.8 Å². The molecule has 7 heteroatoms. The smallest absolute Gasteiger partial charge is 0.407 e. The number of aliphatic carboxylic acids is 1. The first-order valence-electron chi connectivity index (χ1n) is 11.4. The van der Waals surface area contributed by atoms with Crippen molar-refractivity contribution in [2.45, 2.75) is 39.0 Å².